The molecule has 1 fully saturated rings. The van der Waals surface area contributed by atoms with Crippen LogP contribution in [-0.2, 0) is 0 Å². The van der Waals surface area contributed by atoms with E-state index in [4.69, 9.17) is 5.11 Å². The lowest BCUT2D eigenvalue weighted by Crippen LogP contribution is -2.07. The molecule has 1 N–H and O–H groups in total. The number of carboxylic acids is 1. The van der Waals surface area contributed by atoms with Crippen molar-refractivity contribution in [3.63, 3.8) is 0 Å². The zero-order valence-corrected chi connectivity index (χ0v) is 11.5. The van der Waals surface area contributed by atoms with Crippen LogP contribution in [0, 0.1) is 0 Å². The van der Waals surface area contributed by atoms with Crippen molar-refractivity contribution in [2.24, 2.45) is 0 Å². The molecule has 19 heavy (non-hydrogen) atoms. The molecule has 0 spiro atoms. The molecular weight excluding hydrogens is 310 g/mol. The summed E-state index contributed by atoms with van der Waals surface area (Å²) in [4.78, 5) is 23.9. The van der Waals surface area contributed by atoms with Gasteiger partial charge in [0.1, 0.15) is 5.69 Å². The maximum atomic E-state index is 11.2. The number of nitrogens with zero attached hydrogens (tertiary/aromatic N) is 3. The predicted octanol–water partition coefficient (Wildman–Crippen LogP) is 2.88. The predicted molar refractivity (Wildman–Crippen MR) is 71.9 cm³/mol. The average Bonchev–Trinajstić information content (AvgIpc) is 3.23. The minimum Gasteiger partial charge on any atom is -0.478 e. The number of aromatic nitrogens is 3. The summed E-state index contributed by atoms with van der Waals surface area (Å²) in [5.74, 6) is -0.275. The van der Waals surface area contributed by atoms with E-state index in [1.807, 2.05) is 6.07 Å². The largest absolute Gasteiger partial charge is 0.478 e. The molecule has 0 unspecified atom stereocenters. The molecule has 1 saturated carbocycles. The van der Waals surface area contributed by atoms with E-state index in [0.29, 0.717) is 17.2 Å². The Morgan fingerprint density at radius 2 is 2.16 bits per heavy atom. The fraction of sp³-hybridized carbons (Fsp3) is 0.231. The highest BCUT2D eigenvalue weighted by molar-refractivity contribution is 9.10. The Morgan fingerprint density at radius 3 is 2.79 bits per heavy atom. The van der Waals surface area contributed by atoms with Crippen LogP contribution in [0.4, 0.5) is 0 Å². The number of hydrogen-bond donors (Lipinski definition) is 1. The molecule has 3 rings (SSSR count). The van der Waals surface area contributed by atoms with Crippen molar-refractivity contribution in [1.29, 1.82) is 0 Å². The Morgan fingerprint density at radius 1 is 1.37 bits per heavy atom. The first-order valence-corrected chi connectivity index (χ1v) is 6.67. The lowest BCUT2D eigenvalue weighted by molar-refractivity contribution is 0.0694. The molecule has 0 bridgehead atoms. The monoisotopic (exact) mass is 319 g/mol. The molecule has 6 heteroatoms. The molecule has 2 aromatic rings. The van der Waals surface area contributed by atoms with Crippen LogP contribution in [0.2, 0.25) is 0 Å². The fourth-order valence-corrected chi connectivity index (χ4v) is 2.32. The van der Waals surface area contributed by atoms with Crippen molar-refractivity contribution in [3.05, 3.63) is 40.3 Å². The number of halogens is 1. The lowest BCUT2D eigenvalue weighted by Gasteiger charge is -2.07. The van der Waals surface area contributed by atoms with Gasteiger partial charge in [0, 0.05) is 22.8 Å². The average molecular weight is 320 g/mol. The number of hydrogen-bond acceptors (Lipinski definition) is 4. The summed E-state index contributed by atoms with van der Waals surface area (Å²) in [5.41, 5.74) is 1.44. The summed E-state index contributed by atoms with van der Waals surface area (Å²) in [6.45, 7) is 0. The Kier molecular flexibility index (Phi) is 3.02. The highest BCUT2D eigenvalue weighted by atomic mass is 79.9. The van der Waals surface area contributed by atoms with Gasteiger partial charge in [0.05, 0.1) is 11.3 Å². The highest BCUT2D eigenvalue weighted by Crippen LogP contribution is 2.41. The molecule has 2 aromatic heterocycles. The van der Waals surface area contributed by atoms with E-state index in [1.165, 1.54) is 6.20 Å². The van der Waals surface area contributed by atoms with Crippen molar-refractivity contribution in [2.75, 3.05) is 0 Å². The molecule has 2 heterocycles. The fourth-order valence-electron chi connectivity index (χ4n) is 1.89. The lowest BCUT2D eigenvalue weighted by atomic mass is 10.1. The summed E-state index contributed by atoms with van der Waals surface area (Å²) < 4.78 is 0.792. The first-order valence-electron chi connectivity index (χ1n) is 5.88. The molecule has 0 atom stereocenters. The minimum absolute atomic E-state index is 0.193. The van der Waals surface area contributed by atoms with E-state index in [9.17, 15) is 4.79 Å². The molecular formula is C13H10BrN3O2. The van der Waals surface area contributed by atoms with Crippen LogP contribution in [0.5, 0.6) is 0 Å². The van der Waals surface area contributed by atoms with Crippen molar-refractivity contribution >= 4 is 21.9 Å². The van der Waals surface area contributed by atoms with Crippen LogP contribution in [0.1, 0.15) is 34.8 Å². The van der Waals surface area contributed by atoms with Crippen LogP contribution in [-0.4, -0.2) is 26.0 Å². The highest BCUT2D eigenvalue weighted by Gasteiger charge is 2.30. The third-order valence-corrected chi connectivity index (χ3v) is 3.62. The zero-order valence-electron chi connectivity index (χ0n) is 9.88. The van der Waals surface area contributed by atoms with Crippen molar-refractivity contribution in [3.8, 4) is 11.5 Å². The second-order valence-corrected chi connectivity index (χ2v) is 5.26. The number of carboxylic acid groups (broad SMARTS) is 1. The van der Waals surface area contributed by atoms with Gasteiger partial charge in [-0.1, -0.05) is 0 Å². The third kappa shape index (κ3) is 2.35. The second kappa shape index (κ2) is 4.70. The molecule has 1 aliphatic rings. The van der Waals surface area contributed by atoms with Crippen LogP contribution >= 0.6 is 15.9 Å². The molecule has 0 aliphatic heterocycles. The Hall–Kier alpha value is -1.82. The quantitative estimate of drug-likeness (QED) is 0.941. The van der Waals surface area contributed by atoms with Crippen LogP contribution < -0.4 is 0 Å². The summed E-state index contributed by atoms with van der Waals surface area (Å²) in [6.07, 6.45) is 5.01. The first kappa shape index (κ1) is 12.2. The number of pyridine rings is 1. The molecule has 0 saturated heterocycles. The summed E-state index contributed by atoms with van der Waals surface area (Å²) in [6, 6.07) is 3.66. The van der Waals surface area contributed by atoms with Crippen LogP contribution in [0.3, 0.4) is 0 Å². The van der Waals surface area contributed by atoms with Crippen LogP contribution in [0.25, 0.3) is 11.5 Å². The number of rotatable bonds is 3. The van der Waals surface area contributed by atoms with Gasteiger partial charge in [-0.05, 0) is 40.9 Å². The van der Waals surface area contributed by atoms with E-state index in [0.717, 1.165) is 17.3 Å². The van der Waals surface area contributed by atoms with E-state index in [-0.39, 0.29) is 11.5 Å². The SMILES string of the molecule is O=C(O)c1cnc(-c2ncccc2Br)nc1C1CC1. The molecule has 5 nitrogen and oxygen atoms in total. The van der Waals surface area contributed by atoms with Gasteiger partial charge in [-0.3, -0.25) is 4.98 Å². The van der Waals surface area contributed by atoms with Crippen molar-refractivity contribution < 1.29 is 9.90 Å². The molecule has 0 amide bonds. The van der Waals surface area contributed by atoms with E-state index in [1.54, 1.807) is 12.3 Å². The standard InChI is InChI=1S/C13H10BrN3O2/c14-9-2-1-5-15-11(9)12-16-6-8(13(18)19)10(17-12)7-3-4-7/h1-2,5-7H,3-4H2,(H,18,19). The van der Waals surface area contributed by atoms with Gasteiger partial charge in [-0.15, -0.1) is 0 Å². The minimum atomic E-state index is -0.978. The van der Waals surface area contributed by atoms with Crippen molar-refractivity contribution in [2.45, 2.75) is 18.8 Å². The van der Waals surface area contributed by atoms with Crippen molar-refractivity contribution in [1.82, 2.24) is 15.0 Å². The second-order valence-electron chi connectivity index (χ2n) is 4.41. The molecule has 0 aromatic carbocycles. The summed E-state index contributed by atoms with van der Waals surface area (Å²) in [7, 11) is 0. The van der Waals surface area contributed by atoms with Gasteiger partial charge < -0.3 is 5.11 Å². The zero-order chi connectivity index (χ0) is 13.4. The Bertz CT molecular complexity index is 656. The molecule has 0 radical (unpaired) electrons. The summed E-state index contributed by atoms with van der Waals surface area (Å²) in [5, 5.41) is 9.15. The maximum absolute atomic E-state index is 11.2. The van der Waals surface area contributed by atoms with Gasteiger partial charge in [-0.25, -0.2) is 14.8 Å². The third-order valence-electron chi connectivity index (χ3n) is 2.98. The topological polar surface area (TPSA) is 76.0 Å². The normalized spacial score (nSPS) is 14.4. The Balaban J connectivity index is 2.11. The molecule has 96 valence electrons. The molecule has 1 aliphatic carbocycles. The Labute approximate surface area is 117 Å². The van der Waals surface area contributed by atoms with Gasteiger partial charge in [-0.2, -0.15) is 0 Å². The van der Waals surface area contributed by atoms with Gasteiger partial charge >= 0.3 is 5.97 Å². The van der Waals surface area contributed by atoms with Gasteiger partial charge in [0.15, 0.2) is 5.82 Å². The van der Waals surface area contributed by atoms with E-state index < -0.39 is 5.97 Å². The van der Waals surface area contributed by atoms with E-state index in [2.05, 4.69) is 30.9 Å². The number of carbonyl (C=O) groups is 1. The van der Waals surface area contributed by atoms with Gasteiger partial charge in [0.2, 0.25) is 0 Å². The maximum Gasteiger partial charge on any atom is 0.339 e. The first-order chi connectivity index (χ1) is 9.16. The van der Waals surface area contributed by atoms with E-state index >= 15 is 0 Å². The summed E-state index contributed by atoms with van der Waals surface area (Å²) >= 11 is 3.40. The van der Waals surface area contributed by atoms with Gasteiger partial charge in [0.25, 0.3) is 0 Å². The number of aromatic carboxylic acids is 1. The smallest absolute Gasteiger partial charge is 0.339 e. The van der Waals surface area contributed by atoms with Crippen LogP contribution in [0.15, 0.2) is 29.0 Å².